The molecular weight excluding hydrogens is 168 g/mol. The molecule has 0 heterocycles. The average Bonchev–Trinajstić information content (AvgIpc) is 2.08. The molecule has 0 spiro atoms. The second-order valence-electron chi connectivity index (χ2n) is 2.69. The summed E-state index contributed by atoms with van der Waals surface area (Å²) in [4.78, 5) is 10.8. The van der Waals surface area contributed by atoms with E-state index >= 15 is 0 Å². The molecule has 0 saturated carbocycles. The van der Waals surface area contributed by atoms with Gasteiger partial charge in [0.05, 0.1) is 6.61 Å². The molecule has 0 aliphatic carbocycles. The van der Waals surface area contributed by atoms with Gasteiger partial charge in [-0.15, -0.1) is 0 Å². The minimum Gasteiger partial charge on any atom is -0.493 e. The Hall–Kier alpha value is -1.51. The first kappa shape index (κ1) is 9.58. The van der Waals surface area contributed by atoms with Gasteiger partial charge >= 0.3 is 5.97 Å². The van der Waals surface area contributed by atoms with Crippen molar-refractivity contribution in [3.63, 3.8) is 0 Å². The van der Waals surface area contributed by atoms with E-state index in [4.69, 9.17) is 9.84 Å². The van der Waals surface area contributed by atoms with Gasteiger partial charge in [0.1, 0.15) is 11.3 Å². The molecule has 0 unspecified atom stereocenters. The van der Waals surface area contributed by atoms with Gasteiger partial charge < -0.3 is 9.84 Å². The summed E-state index contributed by atoms with van der Waals surface area (Å²) in [5.41, 5.74) is 1.07. The van der Waals surface area contributed by atoms with E-state index in [0.717, 1.165) is 5.56 Å². The molecule has 0 radical (unpaired) electrons. The summed E-state index contributed by atoms with van der Waals surface area (Å²) in [6.07, 6.45) is 0. The van der Waals surface area contributed by atoms with Crippen LogP contribution in [0, 0.1) is 6.92 Å². The molecule has 0 aliphatic heterocycles. The lowest BCUT2D eigenvalue weighted by Crippen LogP contribution is -2.04. The van der Waals surface area contributed by atoms with Crippen molar-refractivity contribution in [3.8, 4) is 5.75 Å². The van der Waals surface area contributed by atoms with Crippen LogP contribution in [-0.4, -0.2) is 17.7 Å². The fourth-order valence-electron chi connectivity index (χ4n) is 1.16. The number of para-hydroxylation sites is 1. The third-order valence-corrected chi connectivity index (χ3v) is 1.73. The summed E-state index contributed by atoms with van der Waals surface area (Å²) in [6.45, 7) is 4.14. The first-order chi connectivity index (χ1) is 6.16. The smallest absolute Gasteiger partial charge is 0.339 e. The van der Waals surface area contributed by atoms with Crippen LogP contribution in [0.15, 0.2) is 18.2 Å². The molecule has 1 aromatic carbocycles. The minimum absolute atomic E-state index is 0.224. The minimum atomic E-state index is -0.952. The van der Waals surface area contributed by atoms with Gasteiger partial charge in [0.15, 0.2) is 0 Å². The van der Waals surface area contributed by atoms with Crippen LogP contribution in [-0.2, 0) is 0 Å². The van der Waals surface area contributed by atoms with E-state index in [2.05, 4.69) is 0 Å². The predicted molar refractivity (Wildman–Crippen MR) is 49.3 cm³/mol. The Bertz CT molecular complexity index is 318. The Morgan fingerprint density at radius 2 is 2.23 bits per heavy atom. The van der Waals surface area contributed by atoms with Crippen LogP contribution in [0.25, 0.3) is 0 Å². The number of hydrogen-bond donors (Lipinski definition) is 1. The Morgan fingerprint density at radius 1 is 1.54 bits per heavy atom. The second kappa shape index (κ2) is 3.94. The molecule has 1 aromatic rings. The largest absolute Gasteiger partial charge is 0.493 e. The molecule has 3 nitrogen and oxygen atoms in total. The molecule has 0 fully saturated rings. The normalized spacial score (nSPS) is 9.69. The van der Waals surface area contributed by atoms with E-state index in [1.165, 1.54) is 0 Å². The van der Waals surface area contributed by atoms with Gasteiger partial charge in [-0.2, -0.15) is 0 Å². The molecule has 0 saturated heterocycles. The van der Waals surface area contributed by atoms with Gasteiger partial charge in [-0.25, -0.2) is 4.79 Å². The van der Waals surface area contributed by atoms with Crippen LogP contribution >= 0.6 is 0 Å². The molecule has 3 heteroatoms. The van der Waals surface area contributed by atoms with Gasteiger partial charge in [-0.3, -0.25) is 0 Å². The highest BCUT2D eigenvalue weighted by Gasteiger charge is 2.12. The molecule has 13 heavy (non-hydrogen) atoms. The lowest BCUT2D eigenvalue weighted by molar-refractivity contribution is 0.0692. The number of ether oxygens (including phenoxy) is 1. The van der Waals surface area contributed by atoms with Crippen LogP contribution in [0.4, 0.5) is 0 Å². The first-order valence-electron chi connectivity index (χ1n) is 4.12. The maximum Gasteiger partial charge on any atom is 0.339 e. The predicted octanol–water partition coefficient (Wildman–Crippen LogP) is 2.09. The molecule has 0 bridgehead atoms. The second-order valence-corrected chi connectivity index (χ2v) is 2.69. The summed E-state index contributed by atoms with van der Waals surface area (Å²) in [7, 11) is 0. The maximum absolute atomic E-state index is 10.8. The van der Waals surface area contributed by atoms with E-state index in [-0.39, 0.29) is 5.56 Å². The van der Waals surface area contributed by atoms with E-state index in [1.54, 1.807) is 12.1 Å². The molecule has 0 atom stereocenters. The number of aromatic carboxylic acids is 1. The van der Waals surface area contributed by atoms with Crippen LogP contribution in [0.2, 0.25) is 0 Å². The zero-order valence-electron chi connectivity index (χ0n) is 7.70. The fraction of sp³-hybridized carbons (Fsp3) is 0.300. The quantitative estimate of drug-likeness (QED) is 0.774. The first-order valence-corrected chi connectivity index (χ1v) is 4.12. The zero-order valence-corrected chi connectivity index (χ0v) is 7.70. The number of rotatable bonds is 3. The van der Waals surface area contributed by atoms with E-state index in [1.807, 2.05) is 19.9 Å². The molecule has 1 rings (SSSR count). The van der Waals surface area contributed by atoms with Gasteiger partial charge in [0.2, 0.25) is 0 Å². The van der Waals surface area contributed by atoms with Crippen molar-refractivity contribution < 1.29 is 14.6 Å². The van der Waals surface area contributed by atoms with Crippen molar-refractivity contribution in [1.29, 1.82) is 0 Å². The lowest BCUT2D eigenvalue weighted by atomic mass is 10.1. The number of carboxylic acids is 1. The Labute approximate surface area is 77.0 Å². The van der Waals surface area contributed by atoms with E-state index in [9.17, 15) is 4.79 Å². The van der Waals surface area contributed by atoms with Crippen LogP contribution < -0.4 is 4.74 Å². The Balaban J connectivity index is 3.17. The Kier molecular flexibility index (Phi) is 2.90. The number of carbonyl (C=O) groups is 1. The average molecular weight is 180 g/mol. The van der Waals surface area contributed by atoms with Gasteiger partial charge in [0.25, 0.3) is 0 Å². The maximum atomic E-state index is 10.8. The number of aryl methyl sites for hydroxylation is 1. The molecule has 0 aromatic heterocycles. The van der Waals surface area contributed by atoms with Crippen molar-refractivity contribution >= 4 is 5.97 Å². The molecule has 1 N–H and O–H groups in total. The number of hydrogen-bond acceptors (Lipinski definition) is 2. The molecule has 70 valence electrons. The summed E-state index contributed by atoms with van der Waals surface area (Å²) in [6, 6.07) is 5.08. The highest BCUT2D eigenvalue weighted by Crippen LogP contribution is 2.23. The summed E-state index contributed by atoms with van der Waals surface area (Å²) in [5, 5.41) is 8.84. The van der Waals surface area contributed by atoms with Gasteiger partial charge in [-0.1, -0.05) is 12.1 Å². The highest BCUT2D eigenvalue weighted by atomic mass is 16.5. The molecular formula is C10H12O3. The van der Waals surface area contributed by atoms with Crippen molar-refractivity contribution in [2.75, 3.05) is 6.61 Å². The molecule has 0 aliphatic rings. The highest BCUT2D eigenvalue weighted by molar-refractivity contribution is 5.91. The lowest BCUT2D eigenvalue weighted by Gasteiger charge is -2.09. The van der Waals surface area contributed by atoms with Crippen molar-refractivity contribution in [3.05, 3.63) is 29.3 Å². The Morgan fingerprint density at radius 3 is 2.77 bits per heavy atom. The number of benzene rings is 1. The van der Waals surface area contributed by atoms with E-state index < -0.39 is 5.97 Å². The van der Waals surface area contributed by atoms with Crippen molar-refractivity contribution in [2.24, 2.45) is 0 Å². The van der Waals surface area contributed by atoms with Gasteiger partial charge in [-0.05, 0) is 25.5 Å². The van der Waals surface area contributed by atoms with Crippen molar-refractivity contribution in [1.82, 2.24) is 0 Å². The SMILES string of the molecule is CCOc1c(C)cccc1C(=O)O. The number of carboxylic acid groups (broad SMARTS) is 1. The third kappa shape index (κ3) is 1.99. The summed E-state index contributed by atoms with van der Waals surface area (Å²) >= 11 is 0. The monoisotopic (exact) mass is 180 g/mol. The standard InChI is InChI=1S/C10H12O3/c1-3-13-9-7(2)5-4-6-8(9)10(11)12/h4-6H,3H2,1-2H3,(H,11,12). The van der Waals surface area contributed by atoms with Crippen molar-refractivity contribution in [2.45, 2.75) is 13.8 Å². The summed E-state index contributed by atoms with van der Waals surface area (Å²) < 4.78 is 5.25. The summed E-state index contributed by atoms with van der Waals surface area (Å²) in [5.74, 6) is -0.482. The zero-order chi connectivity index (χ0) is 9.84. The van der Waals surface area contributed by atoms with Crippen LogP contribution in [0.1, 0.15) is 22.8 Å². The van der Waals surface area contributed by atoms with Crippen LogP contribution in [0.3, 0.4) is 0 Å². The molecule has 0 amide bonds. The third-order valence-electron chi connectivity index (χ3n) is 1.73. The van der Waals surface area contributed by atoms with Crippen LogP contribution in [0.5, 0.6) is 5.75 Å². The fourth-order valence-corrected chi connectivity index (χ4v) is 1.16. The van der Waals surface area contributed by atoms with E-state index in [0.29, 0.717) is 12.4 Å². The van der Waals surface area contributed by atoms with Gasteiger partial charge in [0, 0.05) is 0 Å². The topological polar surface area (TPSA) is 46.5 Å².